The SMILES string of the molecule is CC1CN(C(=Nc2ccc3[nH]c(CCc4ccc(Cl)cc4Cl)nc3c2)N[C@H]2C[C@@H]3C[C@@H]([C@H]2C)C3(C)C)CCN1. The first-order valence-corrected chi connectivity index (χ1v) is 15.2. The van der Waals surface area contributed by atoms with E-state index in [4.69, 9.17) is 33.2 Å². The standard InChI is InChI=1S/C31H40Cl2N6/c1-18-17-39(12-11-34-18)30(38-27-14-21-13-24(19(27)2)31(21,3)4)35-23-8-9-26-28(16-23)37-29(36-26)10-6-20-5-7-22(32)15-25(20)33/h5,7-9,15-16,18-19,21,24,27,34H,6,10-14,17H2,1-4H3,(H,35,38)(H,36,37)/t18?,19-,21+,24+,27+/m1/s1. The van der Waals surface area contributed by atoms with E-state index in [1.54, 1.807) is 6.07 Å². The van der Waals surface area contributed by atoms with Gasteiger partial charge in [-0.2, -0.15) is 0 Å². The van der Waals surface area contributed by atoms with Crippen molar-refractivity contribution in [1.82, 2.24) is 25.5 Å². The molecule has 1 aromatic heterocycles. The van der Waals surface area contributed by atoms with Gasteiger partial charge in [-0.1, -0.05) is 50.0 Å². The van der Waals surface area contributed by atoms with Gasteiger partial charge in [0.1, 0.15) is 5.82 Å². The molecule has 2 aromatic carbocycles. The summed E-state index contributed by atoms with van der Waals surface area (Å²) in [6.07, 6.45) is 4.18. The third-order valence-electron chi connectivity index (χ3n) is 9.73. The topological polar surface area (TPSA) is 68.3 Å². The number of benzene rings is 2. The maximum absolute atomic E-state index is 6.38. The van der Waals surface area contributed by atoms with E-state index in [2.05, 4.69) is 66.4 Å². The lowest BCUT2D eigenvalue weighted by molar-refractivity contribution is -0.112. The Hall–Kier alpha value is -2.28. The summed E-state index contributed by atoms with van der Waals surface area (Å²) in [5.41, 5.74) is 4.45. The van der Waals surface area contributed by atoms with Gasteiger partial charge in [0.15, 0.2) is 5.96 Å². The number of guanidine groups is 1. The van der Waals surface area contributed by atoms with Gasteiger partial charge < -0.3 is 20.5 Å². The van der Waals surface area contributed by atoms with Gasteiger partial charge in [0.2, 0.25) is 0 Å². The number of nitrogens with one attached hydrogen (secondary N) is 3. The molecule has 0 radical (unpaired) electrons. The fourth-order valence-electron chi connectivity index (χ4n) is 7.16. The molecule has 4 fully saturated rings. The minimum Gasteiger partial charge on any atom is -0.353 e. The number of piperazine rings is 1. The van der Waals surface area contributed by atoms with Crippen LogP contribution in [-0.2, 0) is 12.8 Å². The molecule has 1 saturated heterocycles. The molecule has 6 nitrogen and oxygen atoms in total. The molecule has 7 rings (SSSR count). The third kappa shape index (κ3) is 5.40. The van der Waals surface area contributed by atoms with Crippen molar-refractivity contribution in [2.45, 2.75) is 65.5 Å². The molecule has 3 aromatic rings. The number of imidazole rings is 1. The Morgan fingerprint density at radius 3 is 2.72 bits per heavy atom. The highest BCUT2D eigenvalue weighted by Crippen LogP contribution is 2.61. The van der Waals surface area contributed by atoms with Crippen LogP contribution in [0.3, 0.4) is 0 Å². The Bertz CT molecular complexity index is 1380. The van der Waals surface area contributed by atoms with Crippen LogP contribution >= 0.6 is 23.2 Å². The van der Waals surface area contributed by atoms with Crippen LogP contribution in [-0.4, -0.2) is 52.5 Å². The molecule has 208 valence electrons. The molecule has 2 bridgehead atoms. The van der Waals surface area contributed by atoms with E-state index in [0.717, 1.165) is 78.4 Å². The summed E-state index contributed by atoms with van der Waals surface area (Å²) in [5.74, 6) is 4.19. The smallest absolute Gasteiger partial charge is 0.199 e. The first kappa shape index (κ1) is 26.9. The Morgan fingerprint density at radius 1 is 1.13 bits per heavy atom. The average Bonchev–Trinajstić information content (AvgIpc) is 3.30. The van der Waals surface area contributed by atoms with Crippen molar-refractivity contribution in [2.75, 3.05) is 19.6 Å². The van der Waals surface area contributed by atoms with Gasteiger partial charge in [0, 0.05) is 48.2 Å². The van der Waals surface area contributed by atoms with Crippen LogP contribution in [0.25, 0.3) is 11.0 Å². The molecule has 1 aliphatic heterocycles. The van der Waals surface area contributed by atoms with E-state index >= 15 is 0 Å². The number of aromatic amines is 1. The highest BCUT2D eigenvalue weighted by atomic mass is 35.5. The van der Waals surface area contributed by atoms with Crippen molar-refractivity contribution >= 4 is 45.9 Å². The Labute approximate surface area is 242 Å². The van der Waals surface area contributed by atoms with E-state index in [9.17, 15) is 0 Å². The van der Waals surface area contributed by atoms with Gasteiger partial charge in [-0.05, 0) is 85.3 Å². The first-order valence-electron chi connectivity index (χ1n) is 14.4. The van der Waals surface area contributed by atoms with Crippen molar-refractivity contribution in [2.24, 2.45) is 28.2 Å². The maximum Gasteiger partial charge on any atom is 0.199 e. The minimum absolute atomic E-state index is 0.437. The van der Waals surface area contributed by atoms with Gasteiger partial charge in [0.05, 0.1) is 16.7 Å². The van der Waals surface area contributed by atoms with E-state index in [1.165, 1.54) is 12.8 Å². The number of nitrogens with zero attached hydrogens (tertiary/aromatic N) is 3. The second-order valence-corrected chi connectivity index (χ2v) is 13.4. The predicted octanol–water partition coefficient (Wildman–Crippen LogP) is 6.60. The van der Waals surface area contributed by atoms with Crippen LogP contribution in [0.4, 0.5) is 5.69 Å². The number of rotatable bonds is 5. The number of aromatic nitrogens is 2. The second kappa shape index (κ2) is 10.6. The Morgan fingerprint density at radius 2 is 1.97 bits per heavy atom. The highest BCUT2D eigenvalue weighted by Gasteiger charge is 2.56. The molecule has 39 heavy (non-hydrogen) atoms. The van der Waals surface area contributed by atoms with Gasteiger partial charge in [0.25, 0.3) is 0 Å². The molecular weight excluding hydrogens is 527 g/mol. The number of aryl methyl sites for hydroxylation is 2. The number of hydrogen-bond donors (Lipinski definition) is 3. The van der Waals surface area contributed by atoms with Gasteiger partial charge in [-0.25, -0.2) is 9.98 Å². The molecule has 3 saturated carbocycles. The monoisotopic (exact) mass is 566 g/mol. The zero-order valence-electron chi connectivity index (χ0n) is 23.4. The molecular formula is C31H40Cl2N6. The van der Waals surface area contributed by atoms with Gasteiger partial charge in [-0.3, -0.25) is 0 Å². The summed E-state index contributed by atoms with van der Waals surface area (Å²) >= 11 is 12.4. The van der Waals surface area contributed by atoms with Crippen LogP contribution in [0.1, 0.15) is 51.9 Å². The van der Waals surface area contributed by atoms with Crippen molar-refractivity contribution < 1.29 is 0 Å². The predicted molar refractivity (Wildman–Crippen MR) is 162 cm³/mol. The molecule has 3 N–H and O–H groups in total. The van der Waals surface area contributed by atoms with Crippen molar-refractivity contribution in [3.05, 3.63) is 57.8 Å². The van der Waals surface area contributed by atoms with Crippen LogP contribution in [0, 0.1) is 23.2 Å². The summed E-state index contributed by atoms with van der Waals surface area (Å²) in [6, 6.07) is 12.9. The number of halogens is 2. The van der Waals surface area contributed by atoms with E-state index < -0.39 is 0 Å². The van der Waals surface area contributed by atoms with Crippen molar-refractivity contribution in [1.29, 1.82) is 0 Å². The van der Waals surface area contributed by atoms with Gasteiger partial charge >= 0.3 is 0 Å². The van der Waals surface area contributed by atoms with E-state index in [1.807, 2.05) is 12.1 Å². The second-order valence-electron chi connectivity index (χ2n) is 12.6. The molecule has 1 unspecified atom stereocenters. The lowest BCUT2D eigenvalue weighted by Gasteiger charge is -2.62. The quantitative estimate of drug-likeness (QED) is 0.240. The van der Waals surface area contributed by atoms with E-state index in [0.29, 0.717) is 33.5 Å². The Balaban J connectivity index is 1.22. The molecule has 0 spiro atoms. The summed E-state index contributed by atoms with van der Waals surface area (Å²) in [5, 5.41) is 8.87. The lowest BCUT2D eigenvalue weighted by atomic mass is 9.45. The molecule has 5 atom stereocenters. The highest BCUT2D eigenvalue weighted by molar-refractivity contribution is 6.35. The van der Waals surface area contributed by atoms with Crippen LogP contribution in [0.2, 0.25) is 10.0 Å². The van der Waals surface area contributed by atoms with Crippen molar-refractivity contribution in [3.63, 3.8) is 0 Å². The molecule has 8 heteroatoms. The third-order valence-corrected chi connectivity index (χ3v) is 10.3. The van der Waals surface area contributed by atoms with Crippen LogP contribution in [0.5, 0.6) is 0 Å². The Kier molecular flexibility index (Phi) is 7.32. The van der Waals surface area contributed by atoms with Crippen LogP contribution in [0.15, 0.2) is 41.4 Å². The fraction of sp³-hybridized carbons (Fsp3) is 0.548. The number of fused-ring (bicyclic) bond motifs is 3. The van der Waals surface area contributed by atoms with Crippen LogP contribution < -0.4 is 10.6 Å². The fourth-order valence-corrected chi connectivity index (χ4v) is 7.66. The zero-order chi connectivity index (χ0) is 27.3. The summed E-state index contributed by atoms with van der Waals surface area (Å²) in [7, 11) is 0. The summed E-state index contributed by atoms with van der Waals surface area (Å²) in [4.78, 5) is 16.0. The summed E-state index contributed by atoms with van der Waals surface area (Å²) in [6.45, 7) is 12.5. The molecule has 2 heterocycles. The maximum atomic E-state index is 6.38. The summed E-state index contributed by atoms with van der Waals surface area (Å²) < 4.78 is 0. The largest absolute Gasteiger partial charge is 0.353 e. The molecule has 4 aliphatic rings. The molecule has 3 aliphatic carbocycles. The number of H-pyrrole nitrogens is 1. The number of aliphatic imine (C=N–C) groups is 1. The lowest BCUT2D eigenvalue weighted by Crippen LogP contribution is -2.63. The van der Waals surface area contributed by atoms with Gasteiger partial charge in [-0.15, -0.1) is 0 Å². The van der Waals surface area contributed by atoms with E-state index in [-0.39, 0.29) is 0 Å². The molecule has 0 amide bonds. The number of hydrogen-bond acceptors (Lipinski definition) is 3. The van der Waals surface area contributed by atoms with Crippen molar-refractivity contribution in [3.8, 4) is 0 Å². The average molecular weight is 568 g/mol. The first-order chi connectivity index (χ1) is 18.7. The normalized spacial score (nSPS) is 28.4. The zero-order valence-corrected chi connectivity index (χ0v) is 24.9. The minimum atomic E-state index is 0.437.